The molecule has 0 saturated heterocycles. The van der Waals surface area contributed by atoms with Gasteiger partial charge in [-0.25, -0.2) is 8.78 Å². The number of rotatable bonds is 5. The number of hydrogen-bond donors (Lipinski definition) is 2. The molecule has 1 rings (SSSR count). The maximum Gasteiger partial charge on any atom is 0.183 e. The zero-order valence-corrected chi connectivity index (χ0v) is 10.2. The number of hydrogen-bond acceptors (Lipinski definition) is 3. The third kappa shape index (κ3) is 3.01. The van der Waals surface area contributed by atoms with E-state index in [1.807, 2.05) is 13.2 Å². The van der Waals surface area contributed by atoms with Crippen molar-refractivity contribution in [2.24, 2.45) is 0 Å². The third-order valence-electron chi connectivity index (χ3n) is 2.34. The second-order valence-electron chi connectivity index (χ2n) is 3.53. The second kappa shape index (κ2) is 5.94. The first-order valence-corrected chi connectivity index (χ1v) is 6.48. The summed E-state index contributed by atoms with van der Waals surface area (Å²) in [5.74, 6) is -0.957. The molecule has 5 heteroatoms. The summed E-state index contributed by atoms with van der Waals surface area (Å²) in [6, 6.07) is 2.49. The Labute approximate surface area is 98.6 Å². The second-order valence-corrected chi connectivity index (χ2v) is 4.44. The fraction of sp³-hybridized carbons (Fsp3) is 0.455. The molecule has 1 atom stereocenters. The number of halogens is 2. The lowest BCUT2D eigenvalue weighted by molar-refractivity contribution is 0.510. The van der Waals surface area contributed by atoms with E-state index in [-0.39, 0.29) is 17.4 Å². The van der Waals surface area contributed by atoms with Crippen LogP contribution in [0.1, 0.15) is 13.3 Å². The molecule has 1 aromatic rings. The largest absolute Gasteiger partial charge is 0.397 e. The van der Waals surface area contributed by atoms with E-state index >= 15 is 0 Å². The van der Waals surface area contributed by atoms with Crippen LogP contribution in [0.3, 0.4) is 0 Å². The third-order valence-corrected chi connectivity index (χ3v) is 3.07. The van der Waals surface area contributed by atoms with Gasteiger partial charge in [-0.1, -0.05) is 6.92 Å². The van der Waals surface area contributed by atoms with Crippen molar-refractivity contribution < 1.29 is 8.78 Å². The molecule has 16 heavy (non-hydrogen) atoms. The van der Waals surface area contributed by atoms with E-state index in [1.54, 1.807) is 11.8 Å². The van der Waals surface area contributed by atoms with Crippen molar-refractivity contribution in [2.75, 3.05) is 23.1 Å². The number of nitrogens with two attached hydrogens (primary N) is 1. The van der Waals surface area contributed by atoms with Crippen molar-refractivity contribution in [2.45, 2.75) is 19.4 Å². The average Bonchev–Trinajstić information content (AvgIpc) is 2.28. The highest BCUT2D eigenvalue weighted by molar-refractivity contribution is 7.98. The van der Waals surface area contributed by atoms with Gasteiger partial charge in [-0.2, -0.15) is 11.8 Å². The van der Waals surface area contributed by atoms with E-state index in [2.05, 4.69) is 5.32 Å². The number of nitrogens with one attached hydrogen (secondary N) is 1. The predicted molar refractivity (Wildman–Crippen MR) is 66.9 cm³/mol. The van der Waals surface area contributed by atoms with E-state index in [4.69, 9.17) is 5.73 Å². The Bertz CT molecular complexity index is 358. The van der Waals surface area contributed by atoms with Gasteiger partial charge >= 0.3 is 0 Å². The van der Waals surface area contributed by atoms with Crippen LogP contribution in [0, 0.1) is 11.6 Å². The number of nitrogen functional groups attached to an aromatic ring is 1. The minimum Gasteiger partial charge on any atom is -0.397 e. The van der Waals surface area contributed by atoms with Crippen molar-refractivity contribution in [3.8, 4) is 0 Å². The van der Waals surface area contributed by atoms with Gasteiger partial charge in [0.15, 0.2) is 11.6 Å². The van der Waals surface area contributed by atoms with Crippen molar-refractivity contribution in [3.05, 3.63) is 23.8 Å². The monoisotopic (exact) mass is 246 g/mol. The first-order chi connectivity index (χ1) is 7.60. The molecule has 0 spiro atoms. The fourth-order valence-electron chi connectivity index (χ4n) is 1.38. The minimum absolute atomic E-state index is 0.0703. The van der Waals surface area contributed by atoms with E-state index in [0.717, 1.165) is 18.2 Å². The Morgan fingerprint density at radius 1 is 1.44 bits per heavy atom. The molecule has 3 N–H and O–H groups in total. The van der Waals surface area contributed by atoms with Crippen LogP contribution in [-0.4, -0.2) is 18.1 Å². The molecule has 0 aliphatic rings. The van der Waals surface area contributed by atoms with Gasteiger partial charge in [0.25, 0.3) is 0 Å². The first kappa shape index (κ1) is 13.1. The van der Waals surface area contributed by atoms with Gasteiger partial charge in [-0.15, -0.1) is 0 Å². The lowest BCUT2D eigenvalue weighted by Gasteiger charge is -2.19. The molecule has 0 radical (unpaired) electrons. The van der Waals surface area contributed by atoms with Gasteiger partial charge < -0.3 is 11.1 Å². The van der Waals surface area contributed by atoms with Crippen molar-refractivity contribution >= 4 is 23.1 Å². The van der Waals surface area contributed by atoms with Gasteiger partial charge in [-0.3, -0.25) is 0 Å². The molecule has 90 valence electrons. The van der Waals surface area contributed by atoms with Crippen LogP contribution in [0.25, 0.3) is 0 Å². The Hall–Kier alpha value is -0.970. The molecule has 0 heterocycles. The summed E-state index contributed by atoms with van der Waals surface area (Å²) in [6.07, 6.45) is 2.80. The van der Waals surface area contributed by atoms with Crippen LogP contribution in [0.5, 0.6) is 0 Å². The SMILES string of the molecule is CCC(CSC)Nc1c(N)ccc(F)c1F. The Balaban J connectivity index is 2.90. The van der Waals surface area contributed by atoms with Gasteiger partial charge in [0.05, 0.1) is 11.4 Å². The standard InChI is InChI=1S/C11H16F2N2S/c1-3-7(6-16-2)15-11-9(14)5-4-8(12)10(11)13/h4-5,7,15H,3,6,14H2,1-2H3. The fourth-order valence-corrected chi connectivity index (χ4v) is 2.10. The van der Waals surface area contributed by atoms with E-state index in [1.165, 1.54) is 6.07 Å². The summed E-state index contributed by atoms with van der Waals surface area (Å²) in [5.41, 5.74) is 5.92. The van der Waals surface area contributed by atoms with Gasteiger partial charge in [-0.05, 0) is 24.8 Å². The number of thioether (sulfide) groups is 1. The summed E-state index contributed by atoms with van der Waals surface area (Å²) in [4.78, 5) is 0. The van der Waals surface area contributed by atoms with Crippen LogP contribution in [0.2, 0.25) is 0 Å². The average molecular weight is 246 g/mol. The van der Waals surface area contributed by atoms with Crippen LogP contribution in [-0.2, 0) is 0 Å². The molecule has 1 aromatic carbocycles. The molecular weight excluding hydrogens is 230 g/mol. The number of benzene rings is 1. The highest BCUT2D eigenvalue weighted by Crippen LogP contribution is 2.26. The van der Waals surface area contributed by atoms with Crippen LogP contribution >= 0.6 is 11.8 Å². The Kier molecular flexibility index (Phi) is 4.86. The lowest BCUT2D eigenvalue weighted by atomic mass is 10.2. The highest BCUT2D eigenvalue weighted by Gasteiger charge is 2.14. The molecule has 0 aliphatic carbocycles. The summed E-state index contributed by atoms with van der Waals surface area (Å²) in [5, 5.41) is 2.95. The van der Waals surface area contributed by atoms with E-state index in [9.17, 15) is 8.78 Å². The number of anilines is 2. The zero-order valence-electron chi connectivity index (χ0n) is 9.39. The summed E-state index contributed by atoms with van der Waals surface area (Å²) < 4.78 is 26.5. The predicted octanol–water partition coefficient (Wildman–Crippen LogP) is 3.10. The lowest BCUT2D eigenvalue weighted by Crippen LogP contribution is -2.22. The molecule has 0 aromatic heterocycles. The molecule has 0 aliphatic heterocycles. The topological polar surface area (TPSA) is 38.0 Å². The summed E-state index contributed by atoms with van der Waals surface area (Å²) >= 11 is 1.65. The van der Waals surface area contributed by atoms with Crippen molar-refractivity contribution in [3.63, 3.8) is 0 Å². The quantitative estimate of drug-likeness (QED) is 0.784. The molecule has 0 bridgehead atoms. The zero-order chi connectivity index (χ0) is 12.1. The Morgan fingerprint density at radius 2 is 2.12 bits per heavy atom. The molecule has 0 amide bonds. The maximum atomic E-state index is 13.5. The smallest absolute Gasteiger partial charge is 0.183 e. The van der Waals surface area contributed by atoms with Gasteiger partial charge in [0, 0.05) is 11.8 Å². The van der Waals surface area contributed by atoms with Gasteiger partial charge in [0.1, 0.15) is 0 Å². The molecule has 2 nitrogen and oxygen atoms in total. The first-order valence-electron chi connectivity index (χ1n) is 5.09. The molecule has 0 fully saturated rings. The Morgan fingerprint density at radius 3 is 2.69 bits per heavy atom. The molecule has 1 unspecified atom stereocenters. The van der Waals surface area contributed by atoms with Crippen LogP contribution in [0.15, 0.2) is 12.1 Å². The minimum atomic E-state index is -0.903. The van der Waals surface area contributed by atoms with E-state index < -0.39 is 11.6 Å². The van der Waals surface area contributed by atoms with E-state index in [0.29, 0.717) is 0 Å². The summed E-state index contributed by atoms with van der Waals surface area (Å²) in [6.45, 7) is 1.99. The van der Waals surface area contributed by atoms with Crippen LogP contribution < -0.4 is 11.1 Å². The molecular formula is C11H16F2N2S. The van der Waals surface area contributed by atoms with Crippen molar-refractivity contribution in [1.29, 1.82) is 0 Å². The van der Waals surface area contributed by atoms with Gasteiger partial charge in [0.2, 0.25) is 0 Å². The summed E-state index contributed by atoms with van der Waals surface area (Å²) in [7, 11) is 0. The van der Waals surface area contributed by atoms with Crippen molar-refractivity contribution in [1.82, 2.24) is 0 Å². The maximum absolute atomic E-state index is 13.5. The molecule has 0 saturated carbocycles. The highest BCUT2D eigenvalue weighted by atomic mass is 32.2. The van der Waals surface area contributed by atoms with Crippen LogP contribution in [0.4, 0.5) is 20.2 Å². The normalized spacial score (nSPS) is 12.5.